The van der Waals surface area contributed by atoms with Crippen LogP contribution in [0.1, 0.15) is 85.4 Å². The zero-order valence-electron chi connectivity index (χ0n) is 34.9. The van der Waals surface area contributed by atoms with Crippen LogP contribution in [0.4, 0.5) is 0 Å². The van der Waals surface area contributed by atoms with Gasteiger partial charge in [-0.25, -0.2) is 24.0 Å². The molecule has 7 rings (SSSR count). The molecule has 0 N–H and O–H groups in total. The van der Waals surface area contributed by atoms with Crippen LogP contribution in [-0.4, -0.2) is 85.2 Å². The summed E-state index contributed by atoms with van der Waals surface area (Å²) < 4.78 is 50.7. The topological polar surface area (TPSA) is 159 Å². The minimum absolute atomic E-state index is 0.153. The predicted octanol–water partition coefficient (Wildman–Crippen LogP) is 8.04. The Morgan fingerprint density at radius 2 is 0.683 bits per heavy atom. The molecule has 63 heavy (non-hydrogen) atoms. The molecule has 0 aliphatic carbocycles. The fourth-order valence-corrected chi connectivity index (χ4v) is 7.61. The second-order valence-electron chi connectivity index (χ2n) is 15.1. The van der Waals surface area contributed by atoms with Crippen LogP contribution < -0.4 is 0 Å². The summed E-state index contributed by atoms with van der Waals surface area (Å²) in [7, 11) is 0. The molecule has 326 valence electrons. The molecule has 5 aromatic rings. The Labute approximate surface area is 365 Å². The van der Waals surface area contributed by atoms with E-state index in [0.29, 0.717) is 6.42 Å². The molecule has 2 heterocycles. The van der Waals surface area contributed by atoms with Gasteiger partial charge in [-0.2, -0.15) is 0 Å². The molecule has 2 aliphatic heterocycles. The van der Waals surface area contributed by atoms with Crippen LogP contribution in [0.5, 0.6) is 0 Å². The molecule has 2 fully saturated rings. The van der Waals surface area contributed by atoms with E-state index >= 15 is 0 Å². The Morgan fingerprint density at radius 1 is 0.381 bits per heavy atom. The number of hydrogen-bond donors (Lipinski definition) is 0. The Hall–Kier alpha value is -6.67. The molecule has 0 spiro atoms. The first-order chi connectivity index (χ1) is 30.6. The maximum atomic E-state index is 14.1. The van der Waals surface area contributed by atoms with Gasteiger partial charge >= 0.3 is 29.8 Å². The highest BCUT2D eigenvalue weighted by molar-refractivity contribution is 5.92. The number of carbonyl (C=O) groups is 5. The standard InChI is InChI=1S/C50H48O13/c1-4-37-31(3)39(58-44(51)32-21-11-6-12-22-32)42(60-46(53)34-25-15-8-16-26-34)49(56-37)62-40-38(5-2)57-50(63-48(55)36-29-19-10-20-30-36)43(61-47(54)35-27-17-9-18-28-35)41(40)59-45(52)33-23-13-7-14-24-33/h6-31,37-43,49-50H,4-5H2,1-3H3/t31-,37+,38+,39-,40+,41-,42+,43+,49-,50?/m0/s1. The van der Waals surface area contributed by atoms with Crippen LogP contribution in [0.25, 0.3) is 0 Å². The molecule has 0 amide bonds. The number of ether oxygens (including phenoxy) is 8. The first-order valence-electron chi connectivity index (χ1n) is 20.9. The highest BCUT2D eigenvalue weighted by Crippen LogP contribution is 2.38. The van der Waals surface area contributed by atoms with Crippen molar-refractivity contribution >= 4 is 29.8 Å². The molecular weight excluding hydrogens is 809 g/mol. The van der Waals surface area contributed by atoms with Crippen LogP contribution >= 0.6 is 0 Å². The monoisotopic (exact) mass is 856 g/mol. The van der Waals surface area contributed by atoms with Crippen LogP contribution in [0.2, 0.25) is 0 Å². The second-order valence-corrected chi connectivity index (χ2v) is 15.1. The van der Waals surface area contributed by atoms with Gasteiger partial charge in [0.1, 0.15) is 12.2 Å². The molecule has 13 nitrogen and oxygen atoms in total. The van der Waals surface area contributed by atoms with Gasteiger partial charge in [0.05, 0.1) is 40.0 Å². The quantitative estimate of drug-likeness (QED) is 0.0781. The van der Waals surface area contributed by atoms with Crippen LogP contribution in [0.3, 0.4) is 0 Å². The molecule has 10 atom stereocenters. The van der Waals surface area contributed by atoms with E-state index in [1.165, 1.54) is 12.1 Å². The fourth-order valence-electron chi connectivity index (χ4n) is 7.61. The molecule has 5 aromatic carbocycles. The number of hydrogen-bond acceptors (Lipinski definition) is 13. The lowest BCUT2D eigenvalue weighted by Crippen LogP contribution is -2.65. The van der Waals surface area contributed by atoms with Gasteiger partial charge in [-0.05, 0) is 73.5 Å². The van der Waals surface area contributed by atoms with Crippen molar-refractivity contribution in [2.24, 2.45) is 5.92 Å². The summed E-state index contributed by atoms with van der Waals surface area (Å²) in [6, 6.07) is 41.1. The van der Waals surface area contributed by atoms with Crippen molar-refractivity contribution < 1.29 is 61.9 Å². The summed E-state index contributed by atoms with van der Waals surface area (Å²) >= 11 is 0. The summed E-state index contributed by atoms with van der Waals surface area (Å²) in [4.78, 5) is 69.3. The Kier molecular flexibility index (Phi) is 14.7. The number of carbonyl (C=O) groups excluding carboxylic acids is 5. The van der Waals surface area contributed by atoms with E-state index in [-0.39, 0.29) is 34.2 Å². The van der Waals surface area contributed by atoms with Crippen molar-refractivity contribution in [1.82, 2.24) is 0 Å². The molecule has 2 aliphatic rings. The molecule has 1 unspecified atom stereocenters. The summed E-state index contributed by atoms with van der Waals surface area (Å²) in [5.74, 6) is -4.38. The van der Waals surface area contributed by atoms with Crippen molar-refractivity contribution in [2.75, 3.05) is 0 Å². The Balaban J connectivity index is 1.31. The smallest absolute Gasteiger partial charge is 0.340 e. The first kappa shape index (κ1) is 44.4. The lowest BCUT2D eigenvalue weighted by molar-refractivity contribution is -0.344. The van der Waals surface area contributed by atoms with Crippen LogP contribution in [0.15, 0.2) is 152 Å². The lowest BCUT2D eigenvalue weighted by Gasteiger charge is -2.48. The fraction of sp³-hybridized carbons (Fsp3) is 0.300. The third-order valence-electron chi connectivity index (χ3n) is 10.9. The highest BCUT2D eigenvalue weighted by atomic mass is 16.8. The molecule has 0 saturated carbocycles. The summed E-state index contributed by atoms with van der Waals surface area (Å²) in [6.07, 6.45) is -11.2. The maximum Gasteiger partial charge on any atom is 0.340 e. The first-order valence-corrected chi connectivity index (χ1v) is 20.9. The van der Waals surface area contributed by atoms with E-state index in [1.807, 2.05) is 13.8 Å². The van der Waals surface area contributed by atoms with Crippen LogP contribution in [0, 0.1) is 5.92 Å². The van der Waals surface area contributed by atoms with Gasteiger partial charge in [0.2, 0.25) is 12.4 Å². The largest absolute Gasteiger partial charge is 0.454 e. The molecule has 0 aromatic heterocycles. The normalized spacial score (nSPS) is 25.4. The Bertz CT molecular complexity index is 2290. The molecule has 2 saturated heterocycles. The third kappa shape index (κ3) is 10.7. The molecule has 0 bridgehead atoms. The number of esters is 5. The molecule has 0 radical (unpaired) electrons. The van der Waals surface area contributed by atoms with Crippen molar-refractivity contribution in [3.63, 3.8) is 0 Å². The minimum atomic E-state index is -1.63. The van der Waals surface area contributed by atoms with Crippen molar-refractivity contribution in [2.45, 2.75) is 88.9 Å². The minimum Gasteiger partial charge on any atom is -0.454 e. The van der Waals surface area contributed by atoms with E-state index in [1.54, 1.807) is 146 Å². The van der Waals surface area contributed by atoms with Gasteiger partial charge in [-0.3, -0.25) is 0 Å². The zero-order chi connectivity index (χ0) is 44.3. The van der Waals surface area contributed by atoms with Gasteiger partial charge in [0, 0.05) is 5.92 Å². The van der Waals surface area contributed by atoms with E-state index < -0.39 is 91.1 Å². The molecule has 13 heteroatoms. The van der Waals surface area contributed by atoms with Gasteiger partial charge in [-0.1, -0.05) is 112 Å². The zero-order valence-corrected chi connectivity index (χ0v) is 34.9. The Morgan fingerprint density at radius 3 is 1.05 bits per heavy atom. The number of benzene rings is 5. The van der Waals surface area contributed by atoms with Gasteiger partial charge in [0.25, 0.3) is 0 Å². The van der Waals surface area contributed by atoms with Gasteiger partial charge in [0.15, 0.2) is 18.5 Å². The number of rotatable bonds is 14. The van der Waals surface area contributed by atoms with E-state index in [0.717, 1.165) is 0 Å². The maximum absolute atomic E-state index is 14.1. The summed E-state index contributed by atoms with van der Waals surface area (Å²) in [5, 5.41) is 0. The van der Waals surface area contributed by atoms with Crippen LogP contribution in [-0.2, 0) is 37.9 Å². The SMILES string of the molecule is CC[C@H]1O[C@@H](O[C@H]2[C@H](OC(=O)c3ccccc3)[C@@H](OC(=O)c3ccccc3)C(OC(=O)c3ccccc3)O[C@@H]2CC)[C@H](OC(=O)c2ccccc2)[C@@H](OC(=O)c2ccccc2)[C@H]1C. The molecular formula is C50H48O13. The van der Waals surface area contributed by atoms with E-state index in [2.05, 4.69) is 0 Å². The third-order valence-corrected chi connectivity index (χ3v) is 10.9. The highest BCUT2D eigenvalue weighted by Gasteiger charge is 2.56. The van der Waals surface area contributed by atoms with Crippen molar-refractivity contribution in [1.29, 1.82) is 0 Å². The summed E-state index contributed by atoms with van der Waals surface area (Å²) in [5.41, 5.74) is 0.993. The van der Waals surface area contributed by atoms with Gasteiger partial charge in [-0.15, -0.1) is 0 Å². The van der Waals surface area contributed by atoms with E-state index in [9.17, 15) is 24.0 Å². The van der Waals surface area contributed by atoms with Crippen molar-refractivity contribution in [3.05, 3.63) is 179 Å². The summed E-state index contributed by atoms with van der Waals surface area (Å²) in [6.45, 7) is 5.49. The average molecular weight is 857 g/mol. The van der Waals surface area contributed by atoms with Crippen molar-refractivity contribution in [3.8, 4) is 0 Å². The second kappa shape index (κ2) is 20.9. The van der Waals surface area contributed by atoms with Gasteiger partial charge < -0.3 is 37.9 Å². The van der Waals surface area contributed by atoms with E-state index in [4.69, 9.17) is 37.9 Å². The lowest BCUT2D eigenvalue weighted by atomic mass is 9.88. The average Bonchev–Trinajstić information content (AvgIpc) is 3.33. The predicted molar refractivity (Wildman–Crippen MR) is 226 cm³/mol.